The highest BCUT2D eigenvalue weighted by atomic mass is 16.5. The van der Waals surface area contributed by atoms with Crippen molar-refractivity contribution >= 4 is 11.8 Å². The van der Waals surface area contributed by atoms with Crippen molar-refractivity contribution in [3.8, 4) is 11.8 Å². The second kappa shape index (κ2) is 11.1. The molecule has 1 aliphatic heterocycles. The molecule has 0 spiro atoms. The fourth-order valence-corrected chi connectivity index (χ4v) is 3.23. The lowest BCUT2D eigenvalue weighted by Crippen LogP contribution is -2.52. The van der Waals surface area contributed by atoms with Crippen LogP contribution in [0.3, 0.4) is 0 Å². The molecule has 2 aromatic carbocycles. The van der Waals surface area contributed by atoms with Gasteiger partial charge in [0, 0.05) is 35.8 Å². The zero-order valence-corrected chi connectivity index (χ0v) is 16.7. The van der Waals surface area contributed by atoms with Crippen LogP contribution in [0.15, 0.2) is 54.6 Å². The van der Waals surface area contributed by atoms with E-state index in [9.17, 15) is 9.59 Å². The molecule has 0 aliphatic carbocycles. The summed E-state index contributed by atoms with van der Waals surface area (Å²) in [5.41, 5.74) is 3.72. The van der Waals surface area contributed by atoms with Gasteiger partial charge in [0.1, 0.15) is 6.04 Å². The fraction of sp³-hybridized carbons (Fsp3) is 0.304. The Bertz CT molecular complexity index is 898. The van der Waals surface area contributed by atoms with E-state index in [4.69, 9.17) is 5.21 Å². The molecule has 0 unspecified atom stereocenters. The van der Waals surface area contributed by atoms with Gasteiger partial charge >= 0.3 is 0 Å². The normalized spacial score (nSPS) is 16.2. The molecule has 2 aromatic rings. The minimum atomic E-state index is -0.888. The Hall–Kier alpha value is -3.18. The molecule has 0 aromatic heterocycles. The molecular weight excluding hydrogens is 380 g/mol. The van der Waals surface area contributed by atoms with Crippen molar-refractivity contribution in [1.29, 1.82) is 0 Å². The maximum Gasteiger partial charge on any atom is 0.267 e. The summed E-state index contributed by atoms with van der Waals surface area (Å²) in [4.78, 5) is 24.5. The van der Waals surface area contributed by atoms with Crippen LogP contribution < -0.4 is 21.4 Å². The smallest absolute Gasteiger partial charge is 0.267 e. The summed E-state index contributed by atoms with van der Waals surface area (Å²) in [5, 5.41) is 18.2. The van der Waals surface area contributed by atoms with Crippen molar-refractivity contribution in [2.45, 2.75) is 24.9 Å². The first-order chi connectivity index (χ1) is 14.7. The summed E-state index contributed by atoms with van der Waals surface area (Å²) in [6, 6.07) is 16.0. The molecule has 1 aliphatic rings. The van der Waals surface area contributed by atoms with E-state index in [1.807, 2.05) is 30.3 Å². The number of hydroxylamine groups is 1. The first-order valence-corrected chi connectivity index (χ1v) is 10.0. The van der Waals surface area contributed by atoms with Crippen LogP contribution in [0.2, 0.25) is 0 Å². The third-order valence-electron chi connectivity index (χ3n) is 4.91. The van der Waals surface area contributed by atoms with Gasteiger partial charge in [-0.05, 0) is 55.8 Å². The van der Waals surface area contributed by atoms with Gasteiger partial charge in [0.2, 0.25) is 0 Å². The van der Waals surface area contributed by atoms with Gasteiger partial charge in [0.05, 0.1) is 0 Å². The second-order valence-corrected chi connectivity index (χ2v) is 7.15. The van der Waals surface area contributed by atoms with Crippen molar-refractivity contribution in [2.75, 3.05) is 19.6 Å². The van der Waals surface area contributed by atoms with Crippen LogP contribution in [0.5, 0.6) is 0 Å². The highest BCUT2D eigenvalue weighted by molar-refractivity contribution is 5.97. The Morgan fingerprint density at radius 3 is 2.40 bits per heavy atom. The minimum Gasteiger partial charge on any atom is -0.339 e. The molecule has 2 atom stereocenters. The predicted octanol–water partition coefficient (Wildman–Crippen LogP) is 1.03. The van der Waals surface area contributed by atoms with Gasteiger partial charge in [-0.1, -0.05) is 30.0 Å². The van der Waals surface area contributed by atoms with Crippen LogP contribution in [0.1, 0.15) is 34.3 Å². The molecule has 1 fully saturated rings. The van der Waals surface area contributed by atoms with Gasteiger partial charge < -0.3 is 16.0 Å². The first kappa shape index (κ1) is 21.5. The highest BCUT2D eigenvalue weighted by Crippen LogP contribution is 2.06. The van der Waals surface area contributed by atoms with E-state index in [1.165, 1.54) is 0 Å². The molecule has 0 saturated carbocycles. The number of benzene rings is 2. The summed E-state index contributed by atoms with van der Waals surface area (Å²) < 4.78 is 0. The zero-order valence-electron chi connectivity index (χ0n) is 16.7. The summed E-state index contributed by atoms with van der Waals surface area (Å²) in [6.07, 6.45) is 2.21. The van der Waals surface area contributed by atoms with Crippen LogP contribution in [0, 0.1) is 11.8 Å². The second-order valence-electron chi connectivity index (χ2n) is 7.15. The lowest BCUT2D eigenvalue weighted by molar-refractivity contribution is -0.131. The SMILES string of the molecule is O=C(N[C@@H](CNC[C@@H]1CCCN1)C(=O)NO)c1ccc(C#Cc2ccccc2)cc1. The largest absolute Gasteiger partial charge is 0.339 e. The van der Waals surface area contributed by atoms with E-state index >= 15 is 0 Å². The average Bonchev–Trinajstić information content (AvgIpc) is 3.31. The maximum atomic E-state index is 12.5. The Morgan fingerprint density at radius 2 is 1.77 bits per heavy atom. The molecule has 5 N–H and O–H groups in total. The fourth-order valence-electron chi connectivity index (χ4n) is 3.23. The van der Waals surface area contributed by atoms with Gasteiger partial charge in [-0.2, -0.15) is 0 Å². The number of hydrogen-bond donors (Lipinski definition) is 5. The quantitative estimate of drug-likeness (QED) is 0.269. The molecule has 3 rings (SSSR count). The lowest BCUT2D eigenvalue weighted by Gasteiger charge is -2.19. The summed E-state index contributed by atoms with van der Waals surface area (Å²) in [7, 11) is 0. The standard InChI is InChI=1S/C23H26N4O3/c28-22(26-21(23(29)27-30)16-24-15-20-7-4-14-25-20)19-12-10-18(11-13-19)9-8-17-5-2-1-3-6-17/h1-3,5-6,10-13,20-21,24-25,30H,4,7,14-16H2,(H,26,28)(H,27,29)/t20-,21-/m0/s1. The number of amides is 2. The molecule has 7 nitrogen and oxygen atoms in total. The maximum absolute atomic E-state index is 12.5. The molecule has 1 saturated heterocycles. The number of carbonyl (C=O) groups is 2. The Kier molecular flexibility index (Phi) is 7.98. The van der Waals surface area contributed by atoms with Crippen molar-refractivity contribution < 1.29 is 14.8 Å². The third kappa shape index (κ3) is 6.42. The first-order valence-electron chi connectivity index (χ1n) is 10.0. The summed E-state index contributed by atoms with van der Waals surface area (Å²) >= 11 is 0. The molecule has 1 heterocycles. The predicted molar refractivity (Wildman–Crippen MR) is 114 cm³/mol. The number of nitrogens with one attached hydrogen (secondary N) is 4. The molecule has 30 heavy (non-hydrogen) atoms. The van der Waals surface area contributed by atoms with Gasteiger partial charge in [0.25, 0.3) is 11.8 Å². The van der Waals surface area contributed by atoms with Crippen molar-refractivity contribution in [1.82, 2.24) is 21.4 Å². The number of rotatable bonds is 7. The van der Waals surface area contributed by atoms with Crippen molar-refractivity contribution in [3.63, 3.8) is 0 Å². The topological polar surface area (TPSA) is 102 Å². The van der Waals surface area contributed by atoms with Crippen LogP contribution in [-0.4, -0.2) is 48.7 Å². The molecule has 156 valence electrons. The number of carbonyl (C=O) groups excluding carboxylic acids is 2. The van der Waals surface area contributed by atoms with E-state index in [2.05, 4.69) is 27.8 Å². The molecule has 0 bridgehead atoms. The van der Waals surface area contributed by atoms with Gasteiger partial charge in [-0.3, -0.25) is 14.8 Å². The Morgan fingerprint density at radius 1 is 1.07 bits per heavy atom. The van der Waals surface area contributed by atoms with Crippen molar-refractivity contribution in [3.05, 3.63) is 71.3 Å². The summed E-state index contributed by atoms with van der Waals surface area (Å²) in [6.45, 7) is 1.91. The monoisotopic (exact) mass is 406 g/mol. The van der Waals surface area contributed by atoms with Crippen LogP contribution in [0.4, 0.5) is 0 Å². The van der Waals surface area contributed by atoms with E-state index in [1.54, 1.807) is 29.7 Å². The van der Waals surface area contributed by atoms with E-state index < -0.39 is 17.9 Å². The van der Waals surface area contributed by atoms with Crippen LogP contribution in [0.25, 0.3) is 0 Å². The average molecular weight is 406 g/mol. The molecular formula is C23H26N4O3. The highest BCUT2D eigenvalue weighted by Gasteiger charge is 2.22. The summed E-state index contributed by atoms with van der Waals surface area (Å²) in [5.74, 6) is 5.06. The minimum absolute atomic E-state index is 0.219. The van der Waals surface area contributed by atoms with Crippen LogP contribution >= 0.6 is 0 Å². The van der Waals surface area contributed by atoms with E-state index in [-0.39, 0.29) is 6.54 Å². The Labute approximate surface area is 176 Å². The lowest BCUT2D eigenvalue weighted by atomic mass is 10.1. The number of hydrogen-bond acceptors (Lipinski definition) is 5. The zero-order chi connectivity index (χ0) is 21.2. The molecule has 7 heteroatoms. The van der Waals surface area contributed by atoms with Gasteiger partial charge in [0.15, 0.2) is 0 Å². The van der Waals surface area contributed by atoms with Gasteiger partial charge in [-0.25, -0.2) is 5.48 Å². The third-order valence-corrected chi connectivity index (χ3v) is 4.91. The van der Waals surface area contributed by atoms with Gasteiger partial charge in [-0.15, -0.1) is 0 Å². The Balaban J connectivity index is 1.56. The van der Waals surface area contributed by atoms with Crippen molar-refractivity contribution in [2.24, 2.45) is 0 Å². The molecule has 0 radical (unpaired) electrons. The van der Waals surface area contributed by atoms with Crippen LogP contribution in [-0.2, 0) is 4.79 Å². The van der Waals surface area contributed by atoms with E-state index in [0.717, 1.165) is 30.5 Å². The molecule has 2 amide bonds. The van der Waals surface area contributed by atoms with E-state index in [0.29, 0.717) is 18.2 Å².